The van der Waals surface area contributed by atoms with Crippen molar-refractivity contribution in [3.63, 3.8) is 0 Å². The van der Waals surface area contributed by atoms with E-state index in [4.69, 9.17) is 9.72 Å². The number of carbonyl (C=O) groups is 1. The standard InChI is InChI=1S/C23H19NO2S/c1-3-16-8-10-17(11-9-16)23(25)26-18-12-13-19(15(2)14-18)22-24-20-6-4-5-7-21(20)27-22/h3-13,15H,1,14H2,2H3. The van der Waals surface area contributed by atoms with Gasteiger partial charge in [0.05, 0.1) is 15.8 Å². The quantitative estimate of drug-likeness (QED) is 0.518. The molecule has 0 saturated carbocycles. The van der Waals surface area contributed by atoms with Gasteiger partial charge in [0.1, 0.15) is 10.8 Å². The Hall–Kier alpha value is -2.98. The highest BCUT2D eigenvalue weighted by Gasteiger charge is 2.22. The van der Waals surface area contributed by atoms with Gasteiger partial charge in [0.15, 0.2) is 0 Å². The summed E-state index contributed by atoms with van der Waals surface area (Å²) in [7, 11) is 0. The van der Waals surface area contributed by atoms with Crippen LogP contribution in [0.2, 0.25) is 0 Å². The maximum atomic E-state index is 12.4. The van der Waals surface area contributed by atoms with Gasteiger partial charge < -0.3 is 4.74 Å². The summed E-state index contributed by atoms with van der Waals surface area (Å²) in [6, 6.07) is 15.4. The van der Waals surface area contributed by atoms with E-state index in [0.717, 1.165) is 16.1 Å². The van der Waals surface area contributed by atoms with Crippen LogP contribution < -0.4 is 0 Å². The Morgan fingerprint density at radius 3 is 2.67 bits per heavy atom. The highest BCUT2D eigenvalue weighted by molar-refractivity contribution is 7.19. The smallest absolute Gasteiger partial charge is 0.343 e. The van der Waals surface area contributed by atoms with E-state index >= 15 is 0 Å². The minimum absolute atomic E-state index is 0.238. The molecule has 2 aromatic carbocycles. The number of thiazole rings is 1. The SMILES string of the molecule is C=Cc1ccc(C(=O)OC2=CC=C(c3nc4ccccc4s3)C(C)C2)cc1. The summed E-state index contributed by atoms with van der Waals surface area (Å²) in [4.78, 5) is 17.1. The zero-order valence-electron chi connectivity index (χ0n) is 15.0. The number of nitrogens with zero attached hydrogens (tertiary/aromatic N) is 1. The second-order valence-corrected chi connectivity index (χ2v) is 7.59. The van der Waals surface area contributed by atoms with Crippen molar-refractivity contribution < 1.29 is 9.53 Å². The summed E-state index contributed by atoms with van der Waals surface area (Å²) in [6.45, 7) is 5.85. The van der Waals surface area contributed by atoms with Gasteiger partial charge in [-0.1, -0.05) is 49.9 Å². The van der Waals surface area contributed by atoms with Crippen molar-refractivity contribution in [1.29, 1.82) is 0 Å². The average molecular weight is 373 g/mol. The van der Waals surface area contributed by atoms with Gasteiger partial charge in [-0.05, 0) is 47.4 Å². The number of esters is 1. The lowest BCUT2D eigenvalue weighted by atomic mass is 9.92. The maximum absolute atomic E-state index is 12.4. The highest BCUT2D eigenvalue weighted by Crippen LogP contribution is 2.36. The van der Waals surface area contributed by atoms with Gasteiger partial charge >= 0.3 is 5.97 Å². The van der Waals surface area contributed by atoms with Crippen molar-refractivity contribution in [1.82, 2.24) is 4.98 Å². The average Bonchev–Trinajstić information content (AvgIpc) is 3.12. The zero-order valence-corrected chi connectivity index (χ0v) is 15.8. The maximum Gasteiger partial charge on any atom is 0.343 e. The summed E-state index contributed by atoms with van der Waals surface area (Å²) in [5.74, 6) is 0.590. The molecule has 0 N–H and O–H groups in total. The zero-order chi connectivity index (χ0) is 18.8. The van der Waals surface area contributed by atoms with E-state index < -0.39 is 0 Å². The number of para-hydroxylation sites is 1. The van der Waals surface area contributed by atoms with Gasteiger partial charge in [-0.15, -0.1) is 11.3 Å². The molecule has 1 atom stereocenters. The molecule has 0 fully saturated rings. The topological polar surface area (TPSA) is 39.2 Å². The Kier molecular flexibility index (Phi) is 4.73. The van der Waals surface area contributed by atoms with Crippen molar-refractivity contribution in [3.8, 4) is 0 Å². The van der Waals surface area contributed by atoms with Crippen LogP contribution in [0.15, 0.2) is 73.0 Å². The molecule has 134 valence electrons. The first-order valence-electron chi connectivity index (χ1n) is 8.85. The number of carbonyl (C=O) groups excluding carboxylic acids is 1. The van der Waals surface area contributed by atoms with Crippen LogP contribution in [0.1, 0.15) is 34.3 Å². The molecule has 4 rings (SSSR count). The lowest BCUT2D eigenvalue weighted by Gasteiger charge is -2.20. The van der Waals surface area contributed by atoms with Gasteiger partial charge in [-0.2, -0.15) is 0 Å². The highest BCUT2D eigenvalue weighted by atomic mass is 32.1. The normalized spacial score (nSPS) is 16.6. The fourth-order valence-corrected chi connectivity index (χ4v) is 4.22. The van der Waals surface area contributed by atoms with Gasteiger partial charge in [0, 0.05) is 6.42 Å². The Morgan fingerprint density at radius 2 is 1.96 bits per heavy atom. The molecule has 1 aliphatic rings. The molecule has 0 saturated heterocycles. The lowest BCUT2D eigenvalue weighted by Crippen LogP contribution is -2.11. The Bertz CT molecular complexity index is 1040. The number of ether oxygens (including phenoxy) is 1. The molecular formula is C23H19NO2S. The lowest BCUT2D eigenvalue weighted by molar-refractivity contribution is 0.0609. The van der Waals surface area contributed by atoms with Crippen LogP contribution in [0.25, 0.3) is 21.9 Å². The van der Waals surface area contributed by atoms with E-state index in [0.29, 0.717) is 17.7 Å². The van der Waals surface area contributed by atoms with Crippen molar-refractivity contribution in [2.75, 3.05) is 0 Å². The summed E-state index contributed by atoms with van der Waals surface area (Å²) in [6.07, 6.45) is 6.33. The van der Waals surface area contributed by atoms with Gasteiger partial charge in [0.2, 0.25) is 0 Å². The van der Waals surface area contributed by atoms with E-state index in [9.17, 15) is 4.79 Å². The van der Waals surface area contributed by atoms with Crippen LogP contribution in [-0.2, 0) is 4.74 Å². The summed E-state index contributed by atoms with van der Waals surface area (Å²) in [5, 5.41) is 1.03. The monoisotopic (exact) mass is 373 g/mol. The molecule has 1 aliphatic carbocycles. The molecular weight excluding hydrogens is 354 g/mol. The Labute approximate surface area is 162 Å². The van der Waals surface area contributed by atoms with Crippen molar-refractivity contribution in [2.24, 2.45) is 5.92 Å². The van der Waals surface area contributed by atoms with Crippen LogP contribution >= 0.6 is 11.3 Å². The van der Waals surface area contributed by atoms with E-state index in [-0.39, 0.29) is 11.9 Å². The molecule has 1 unspecified atom stereocenters. The van der Waals surface area contributed by atoms with Crippen LogP contribution in [0.4, 0.5) is 0 Å². The molecule has 27 heavy (non-hydrogen) atoms. The summed E-state index contributed by atoms with van der Waals surface area (Å²) < 4.78 is 6.78. The molecule has 3 nitrogen and oxygen atoms in total. The van der Waals surface area contributed by atoms with Gasteiger partial charge in [0.25, 0.3) is 0 Å². The van der Waals surface area contributed by atoms with E-state index in [1.807, 2.05) is 42.5 Å². The fourth-order valence-electron chi connectivity index (χ4n) is 3.11. The van der Waals surface area contributed by atoms with Crippen LogP contribution in [0.3, 0.4) is 0 Å². The third-order valence-corrected chi connectivity index (χ3v) is 5.72. The van der Waals surface area contributed by atoms with Crippen LogP contribution in [0.5, 0.6) is 0 Å². The molecule has 0 spiro atoms. The van der Waals surface area contributed by atoms with Gasteiger partial charge in [-0.3, -0.25) is 0 Å². The second kappa shape index (κ2) is 7.33. The minimum atomic E-state index is -0.333. The first kappa shape index (κ1) is 17.4. The summed E-state index contributed by atoms with van der Waals surface area (Å²) in [5.41, 5.74) is 3.72. The minimum Gasteiger partial charge on any atom is -0.427 e. The molecule has 3 aromatic rings. The van der Waals surface area contributed by atoms with Crippen LogP contribution in [0, 0.1) is 5.92 Å². The predicted octanol–water partition coefficient (Wildman–Crippen LogP) is 6.10. The van der Waals surface area contributed by atoms with E-state index in [1.54, 1.807) is 29.5 Å². The number of hydrogen-bond donors (Lipinski definition) is 0. The van der Waals surface area contributed by atoms with Crippen molar-refractivity contribution >= 4 is 39.2 Å². The van der Waals surface area contributed by atoms with Crippen LogP contribution in [-0.4, -0.2) is 11.0 Å². The Morgan fingerprint density at radius 1 is 1.19 bits per heavy atom. The number of hydrogen-bond acceptors (Lipinski definition) is 4. The largest absolute Gasteiger partial charge is 0.427 e. The Balaban J connectivity index is 1.53. The summed E-state index contributed by atoms with van der Waals surface area (Å²) >= 11 is 1.70. The molecule has 4 heteroatoms. The number of benzene rings is 2. The number of fused-ring (bicyclic) bond motifs is 1. The van der Waals surface area contributed by atoms with Gasteiger partial charge in [-0.25, -0.2) is 9.78 Å². The van der Waals surface area contributed by atoms with E-state index in [2.05, 4.69) is 19.6 Å². The molecule has 0 amide bonds. The third-order valence-electron chi connectivity index (χ3n) is 4.63. The van der Waals surface area contributed by atoms with E-state index in [1.165, 1.54) is 10.3 Å². The second-order valence-electron chi connectivity index (χ2n) is 6.56. The first-order chi connectivity index (χ1) is 13.1. The molecule has 0 aliphatic heterocycles. The number of aromatic nitrogens is 1. The number of rotatable bonds is 4. The fraction of sp³-hybridized carbons (Fsp3) is 0.130. The van der Waals surface area contributed by atoms with Crippen molar-refractivity contribution in [2.45, 2.75) is 13.3 Å². The number of allylic oxidation sites excluding steroid dienone is 4. The molecule has 0 radical (unpaired) electrons. The molecule has 1 heterocycles. The molecule has 0 bridgehead atoms. The third kappa shape index (κ3) is 3.62. The van der Waals surface area contributed by atoms with Crippen molar-refractivity contribution in [3.05, 3.63) is 89.2 Å². The first-order valence-corrected chi connectivity index (χ1v) is 9.67. The predicted molar refractivity (Wildman–Crippen MR) is 111 cm³/mol. The molecule has 1 aromatic heterocycles.